The number of hydrogen-bond acceptors (Lipinski definition) is 3. The molecule has 5 heteroatoms. The second kappa shape index (κ2) is 5.89. The summed E-state index contributed by atoms with van der Waals surface area (Å²) in [5.41, 5.74) is 2.06. The molecule has 0 saturated carbocycles. The van der Waals surface area contributed by atoms with Gasteiger partial charge >= 0.3 is 0 Å². The molecule has 0 spiro atoms. The first-order chi connectivity index (χ1) is 11.7. The summed E-state index contributed by atoms with van der Waals surface area (Å²) in [5.74, 6) is -1.09. The summed E-state index contributed by atoms with van der Waals surface area (Å²) in [6.45, 7) is 0.499. The molecule has 5 nitrogen and oxygen atoms in total. The fourth-order valence-corrected chi connectivity index (χ4v) is 4.04. The lowest BCUT2D eigenvalue weighted by Crippen LogP contribution is -2.45. The third kappa shape index (κ3) is 2.35. The van der Waals surface area contributed by atoms with Crippen LogP contribution in [-0.2, 0) is 20.8 Å². The number of allylic oxidation sites excluding steroid dienone is 2. The summed E-state index contributed by atoms with van der Waals surface area (Å²) < 4.78 is 0. The van der Waals surface area contributed by atoms with Crippen LogP contribution in [0.1, 0.15) is 24.8 Å². The predicted molar refractivity (Wildman–Crippen MR) is 89.2 cm³/mol. The zero-order chi connectivity index (χ0) is 16.7. The molecule has 1 aromatic carbocycles. The lowest BCUT2D eigenvalue weighted by molar-refractivity contribution is -0.143. The molecular formula is C19H20N2O3. The Bertz CT molecular complexity index is 714. The third-order valence-corrected chi connectivity index (χ3v) is 5.30. The van der Waals surface area contributed by atoms with Gasteiger partial charge in [-0.2, -0.15) is 0 Å². The molecule has 3 amide bonds. The Morgan fingerprint density at radius 3 is 2.42 bits per heavy atom. The van der Waals surface area contributed by atoms with Crippen LogP contribution in [0.5, 0.6) is 0 Å². The molecule has 4 rings (SSSR count). The molecule has 0 N–H and O–H groups in total. The van der Waals surface area contributed by atoms with Gasteiger partial charge < -0.3 is 4.90 Å². The van der Waals surface area contributed by atoms with Gasteiger partial charge in [0.25, 0.3) is 0 Å². The molecule has 1 fully saturated rings. The summed E-state index contributed by atoms with van der Waals surface area (Å²) in [6, 6.07) is 7.85. The van der Waals surface area contributed by atoms with Crippen molar-refractivity contribution in [1.29, 1.82) is 0 Å². The summed E-state index contributed by atoms with van der Waals surface area (Å²) in [5, 5.41) is 0. The number of benzene rings is 1. The number of carbonyl (C=O) groups excluding carboxylic acids is 3. The quantitative estimate of drug-likeness (QED) is 0.617. The van der Waals surface area contributed by atoms with Crippen molar-refractivity contribution >= 4 is 23.4 Å². The minimum Gasteiger partial charge on any atom is -0.311 e. The van der Waals surface area contributed by atoms with Gasteiger partial charge in [0.2, 0.25) is 17.7 Å². The lowest BCUT2D eigenvalue weighted by Gasteiger charge is -2.30. The van der Waals surface area contributed by atoms with E-state index in [9.17, 15) is 14.4 Å². The van der Waals surface area contributed by atoms with E-state index in [4.69, 9.17) is 0 Å². The molecule has 3 aliphatic rings. The van der Waals surface area contributed by atoms with Crippen molar-refractivity contribution < 1.29 is 14.4 Å². The second-order valence-electron chi connectivity index (χ2n) is 6.70. The fourth-order valence-electron chi connectivity index (χ4n) is 4.04. The van der Waals surface area contributed by atoms with Crippen LogP contribution in [-0.4, -0.2) is 35.7 Å². The van der Waals surface area contributed by atoms with Crippen molar-refractivity contribution in [3.8, 4) is 0 Å². The number of fused-ring (bicyclic) bond motifs is 2. The molecule has 0 aromatic heterocycles. The molecule has 1 aliphatic carbocycles. The number of carbonyl (C=O) groups is 3. The van der Waals surface area contributed by atoms with E-state index in [0.29, 0.717) is 19.4 Å². The Morgan fingerprint density at radius 2 is 1.71 bits per heavy atom. The smallest absolute Gasteiger partial charge is 0.247 e. The first kappa shape index (κ1) is 15.1. The number of nitrogens with zero attached hydrogens (tertiary/aromatic N) is 2. The van der Waals surface area contributed by atoms with Gasteiger partial charge in [-0.1, -0.05) is 30.4 Å². The number of rotatable bonds is 2. The highest BCUT2D eigenvalue weighted by atomic mass is 16.2. The van der Waals surface area contributed by atoms with E-state index >= 15 is 0 Å². The van der Waals surface area contributed by atoms with Gasteiger partial charge in [-0.3, -0.25) is 19.3 Å². The van der Waals surface area contributed by atoms with Crippen LogP contribution in [0.2, 0.25) is 0 Å². The predicted octanol–water partition coefficient (Wildman–Crippen LogP) is 1.92. The number of imide groups is 1. The Hall–Kier alpha value is -2.43. The van der Waals surface area contributed by atoms with E-state index in [0.717, 1.165) is 24.1 Å². The molecule has 124 valence electrons. The highest BCUT2D eigenvalue weighted by Crippen LogP contribution is 2.35. The fraction of sp³-hybridized carbons (Fsp3) is 0.421. The molecular weight excluding hydrogens is 304 g/mol. The molecule has 0 radical (unpaired) electrons. The minimum absolute atomic E-state index is 0.140. The third-order valence-electron chi connectivity index (χ3n) is 5.30. The topological polar surface area (TPSA) is 57.7 Å². The summed E-state index contributed by atoms with van der Waals surface area (Å²) >= 11 is 0. The standard InChI is InChI=1S/C19H20N2O3/c22-17(20-11-5-7-13-6-1-4-10-16(13)20)12-21-18(23)14-8-2-3-9-15(14)19(21)24/h1-4,6,10,14-15H,5,7-9,11-12H2/t14-,15-/m0/s1. The van der Waals surface area contributed by atoms with Crippen molar-refractivity contribution in [1.82, 2.24) is 4.90 Å². The van der Waals surface area contributed by atoms with Gasteiger partial charge in [-0.05, 0) is 37.3 Å². The molecule has 2 heterocycles. The molecule has 0 bridgehead atoms. The Labute approximate surface area is 140 Å². The van der Waals surface area contributed by atoms with E-state index in [-0.39, 0.29) is 36.1 Å². The first-order valence-electron chi connectivity index (χ1n) is 8.55. The van der Waals surface area contributed by atoms with E-state index in [1.807, 2.05) is 36.4 Å². The molecule has 1 aromatic rings. The summed E-state index contributed by atoms with van der Waals surface area (Å²) in [7, 11) is 0. The normalized spacial score (nSPS) is 25.7. The van der Waals surface area contributed by atoms with Crippen LogP contribution in [0.3, 0.4) is 0 Å². The van der Waals surface area contributed by atoms with Crippen LogP contribution < -0.4 is 4.90 Å². The van der Waals surface area contributed by atoms with Crippen molar-refractivity contribution in [2.24, 2.45) is 11.8 Å². The molecule has 1 saturated heterocycles. The largest absolute Gasteiger partial charge is 0.311 e. The van der Waals surface area contributed by atoms with Crippen molar-refractivity contribution in [2.75, 3.05) is 18.0 Å². The van der Waals surface area contributed by atoms with Crippen LogP contribution >= 0.6 is 0 Å². The monoisotopic (exact) mass is 324 g/mol. The highest BCUT2D eigenvalue weighted by Gasteiger charge is 2.48. The molecule has 0 unspecified atom stereocenters. The number of anilines is 1. The molecule has 2 aliphatic heterocycles. The number of para-hydroxylation sites is 1. The minimum atomic E-state index is -0.274. The summed E-state index contributed by atoms with van der Waals surface area (Å²) in [4.78, 5) is 40.7. The van der Waals surface area contributed by atoms with Gasteiger partial charge in [-0.15, -0.1) is 0 Å². The lowest BCUT2D eigenvalue weighted by atomic mass is 9.85. The molecule has 24 heavy (non-hydrogen) atoms. The first-order valence-corrected chi connectivity index (χ1v) is 8.55. The Kier molecular flexibility index (Phi) is 3.71. The van der Waals surface area contributed by atoms with E-state index in [1.165, 1.54) is 4.90 Å². The van der Waals surface area contributed by atoms with Crippen molar-refractivity contribution in [3.63, 3.8) is 0 Å². The zero-order valence-corrected chi connectivity index (χ0v) is 13.5. The SMILES string of the molecule is O=C1[C@H]2CC=CC[C@@H]2C(=O)N1CC(=O)N1CCCc2ccccc21. The van der Waals surface area contributed by atoms with Crippen LogP contribution in [0.15, 0.2) is 36.4 Å². The number of aryl methyl sites for hydroxylation is 1. The number of hydrogen-bond donors (Lipinski definition) is 0. The maximum atomic E-state index is 12.8. The summed E-state index contributed by atoms with van der Waals surface area (Å²) in [6.07, 6.45) is 6.98. The van der Waals surface area contributed by atoms with E-state index < -0.39 is 0 Å². The van der Waals surface area contributed by atoms with Crippen LogP contribution in [0, 0.1) is 11.8 Å². The maximum Gasteiger partial charge on any atom is 0.247 e. The van der Waals surface area contributed by atoms with Gasteiger partial charge in [0.05, 0.1) is 11.8 Å². The van der Waals surface area contributed by atoms with Gasteiger partial charge in [0.15, 0.2) is 0 Å². The molecule has 2 atom stereocenters. The zero-order valence-electron chi connectivity index (χ0n) is 13.5. The van der Waals surface area contributed by atoms with Gasteiger partial charge in [0, 0.05) is 12.2 Å². The number of likely N-dealkylation sites (tertiary alicyclic amines) is 1. The maximum absolute atomic E-state index is 12.8. The van der Waals surface area contributed by atoms with Crippen LogP contribution in [0.25, 0.3) is 0 Å². The second-order valence-corrected chi connectivity index (χ2v) is 6.70. The Balaban J connectivity index is 1.53. The van der Waals surface area contributed by atoms with E-state index in [2.05, 4.69) is 0 Å². The van der Waals surface area contributed by atoms with Gasteiger partial charge in [0.1, 0.15) is 6.54 Å². The Morgan fingerprint density at radius 1 is 1.04 bits per heavy atom. The van der Waals surface area contributed by atoms with E-state index in [1.54, 1.807) is 4.90 Å². The van der Waals surface area contributed by atoms with Crippen molar-refractivity contribution in [3.05, 3.63) is 42.0 Å². The van der Waals surface area contributed by atoms with Crippen LogP contribution in [0.4, 0.5) is 5.69 Å². The number of amides is 3. The average molecular weight is 324 g/mol. The average Bonchev–Trinajstić information content (AvgIpc) is 2.86. The van der Waals surface area contributed by atoms with Crippen molar-refractivity contribution in [2.45, 2.75) is 25.7 Å². The van der Waals surface area contributed by atoms with Gasteiger partial charge in [-0.25, -0.2) is 0 Å². The highest BCUT2D eigenvalue weighted by molar-refractivity contribution is 6.09.